The minimum atomic E-state index is -0.123. The summed E-state index contributed by atoms with van der Waals surface area (Å²) < 4.78 is 5.02. The van der Waals surface area contributed by atoms with Crippen LogP contribution in [0.1, 0.15) is 167 Å². The van der Waals surface area contributed by atoms with Crippen LogP contribution >= 0.6 is 0 Å². The van der Waals surface area contributed by atoms with Crippen molar-refractivity contribution in [3.05, 3.63) is 0 Å². The van der Waals surface area contributed by atoms with Crippen molar-refractivity contribution in [3.63, 3.8) is 0 Å². The number of carbonyl (C=O) groups excluding carboxylic acids is 7. The van der Waals surface area contributed by atoms with E-state index in [1.54, 1.807) is 19.1 Å². The van der Waals surface area contributed by atoms with Gasteiger partial charge in [-0.1, -0.05) is 55.4 Å². The summed E-state index contributed by atoms with van der Waals surface area (Å²) >= 11 is 0. The Morgan fingerprint density at radius 3 is 1.09 bits per heavy atom. The minimum absolute atomic E-state index is 0.00160. The second-order valence-corrected chi connectivity index (χ2v) is 28.5. The minimum Gasteiger partial charge on any atom is -0.383 e. The molecule has 520 valence electrons. The second-order valence-electron chi connectivity index (χ2n) is 28.5. The van der Waals surface area contributed by atoms with Gasteiger partial charge in [0, 0.05) is 84.6 Å². The number of hydrogen-bond acceptors (Lipinski definition) is 15. The first-order valence-corrected chi connectivity index (χ1v) is 34.3. The zero-order valence-electron chi connectivity index (χ0n) is 60.6. The Bertz CT molecular complexity index is 2040. The molecule has 89 heavy (non-hydrogen) atoms. The molecule has 0 spiro atoms. The van der Waals surface area contributed by atoms with Crippen LogP contribution in [-0.2, 0) is 38.3 Å². The molecule has 21 nitrogen and oxygen atoms in total. The summed E-state index contributed by atoms with van der Waals surface area (Å²) in [6, 6.07) is -0.0544. The van der Waals surface area contributed by atoms with Crippen LogP contribution < -0.4 is 31.9 Å². The highest BCUT2D eigenvalue weighted by atomic mass is 16.5. The normalized spacial score (nSPS) is 28.4. The van der Waals surface area contributed by atoms with Crippen LogP contribution in [-0.4, -0.2) is 266 Å². The highest BCUT2D eigenvalue weighted by Gasteiger charge is 2.36. The molecule has 12 atom stereocenters. The van der Waals surface area contributed by atoms with Crippen molar-refractivity contribution in [3.8, 4) is 0 Å². The van der Waals surface area contributed by atoms with Gasteiger partial charge in [0.05, 0.1) is 49.4 Å². The lowest BCUT2D eigenvalue weighted by molar-refractivity contribution is -0.137. The van der Waals surface area contributed by atoms with Gasteiger partial charge in [-0.3, -0.25) is 33.6 Å². The lowest BCUT2D eigenvalue weighted by atomic mass is 10.0. The molecule has 21 heteroatoms. The molecule has 6 fully saturated rings. The van der Waals surface area contributed by atoms with E-state index < -0.39 is 0 Å². The summed E-state index contributed by atoms with van der Waals surface area (Å²) in [4.78, 5) is 97.1. The van der Waals surface area contributed by atoms with Crippen LogP contribution in [0.15, 0.2) is 0 Å². The summed E-state index contributed by atoms with van der Waals surface area (Å²) in [5, 5.41) is 18.6. The molecule has 0 aliphatic carbocycles. The van der Waals surface area contributed by atoms with Crippen LogP contribution in [0.5, 0.6) is 0 Å². The van der Waals surface area contributed by atoms with Crippen LogP contribution in [0.4, 0.5) is 0 Å². The van der Waals surface area contributed by atoms with E-state index in [0.29, 0.717) is 61.1 Å². The number of carbonyl (C=O) groups is 7. The van der Waals surface area contributed by atoms with Crippen LogP contribution in [0.25, 0.3) is 0 Å². The van der Waals surface area contributed by atoms with Gasteiger partial charge in [0.25, 0.3) is 0 Å². The number of Topliss-reactive ketones (excluding diaryl/α,β-unsaturated/α-hetero) is 1. The summed E-state index contributed by atoms with van der Waals surface area (Å²) in [5.74, 6) is 5.67. The Hall–Kier alpha value is -3.83. The molecular formula is C68H135N13O8. The summed E-state index contributed by atoms with van der Waals surface area (Å²) in [5.41, 5.74) is -0.0593. The monoisotopic (exact) mass is 1260 g/mol. The molecule has 6 N–H and O–H groups in total. The van der Waals surface area contributed by atoms with E-state index in [4.69, 9.17) is 4.74 Å². The average molecular weight is 1260 g/mol. The molecule has 6 saturated heterocycles. The molecular weight excluding hydrogens is 1130 g/mol. The van der Waals surface area contributed by atoms with Crippen molar-refractivity contribution in [2.75, 3.05) is 149 Å². The molecule has 6 aliphatic heterocycles. The molecule has 6 heterocycles. The third-order valence-electron chi connectivity index (χ3n) is 18.4. The molecule has 0 aromatic carbocycles. The number of amides is 6. The first-order chi connectivity index (χ1) is 41.9. The van der Waals surface area contributed by atoms with Gasteiger partial charge in [-0.15, -0.1) is 0 Å². The number of methoxy groups -OCH3 is 1. The Morgan fingerprint density at radius 2 is 0.775 bits per heavy atom. The molecule has 0 bridgehead atoms. The van der Waals surface area contributed by atoms with Gasteiger partial charge in [-0.2, -0.15) is 0 Å². The quantitative estimate of drug-likeness (QED) is 0.109. The number of hydrogen-bond donors (Lipinski definition) is 6. The van der Waals surface area contributed by atoms with Crippen molar-refractivity contribution < 1.29 is 38.3 Å². The molecule has 0 aromatic heterocycles. The maximum absolute atomic E-state index is 12.2. The van der Waals surface area contributed by atoms with Crippen molar-refractivity contribution in [2.45, 2.75) is 209 Å². The Morgan fingerprint density at radius 1 is 0.483 bits per heavy atom. The molecule has 0 aromatic rings. The first-order valence-electron chi connectivity index (χ1n) is 34.3. The largest absolute Gasteiger partial charge is 0.383 e. The van der Waals surface area contributed by atoms with Gasteiger partial charge in [0.2, 0.25) is 35.4 Å². The number of ketones is 1. The van der Waals surface area contributed by atoms with Gasteiger partial charge in [0.1, 0.15) is 5.78 Å². The molecule has 12 unspecified atom stereocenters. The number of likely N-dealkylation sites (N-methyl/N-ethyl adjacent to an activating group) is 8. The fourth-order valence-electron chi connectivity index (χ4n) is 12.3. The van der Waals surface area contributed by atoms with Crippen LogP contribution in [0, 0.1) is 41.4 Å². The highest BCUT2D eigenvalue weighted by Crippen LogP contribution is 2.26. The lowest BCUT2D eigenvalue weighted by Gasteiger charge is -2.36. The van der Waals surface area contributed by atoms with Crippen molar-refractivity contribution in [1.29, 1.82) is 0 Å². The molecule has 0 saturated carbocycles. The molecule has 0 radical (unpaired) electrons. The van der Waals surface area contributed by atoms with Crippen molar-refractivity contribution in [2.24, 2.45) is 41.4 Å². The molecule has 6 amide bonds. The topological polar surface area (TPSA) is 224 Å². The number of nitrogens with zero attached hydrogens (tertiary/aromatic N) is 7. The summed E-state index contributed by atoms with van der Waals surface area (Å²) in [6.07, 6.45) is 12.3. The van der Waals surface area contributed by atoms with E-state index in [9.17, 15) is 33.6 Å². The standard InChI is InChI=1S/C12H25N3O.2C12H24N2O.C11H20N2O2.C11H22N2O2.C10H20N2O/c1-10-5-6-15(8-7-14(3)4)12(16)11(9-10)13-2;1-9-6-7-14(12(2,3)4)11(15)10(8-9)13-5;1-9(2)8-14-6-5-10(3)7-11(13-4)12(14)15;1-8-4-5-13(7-9(2)14)11(15)10(6-8)12-3;1-9-4-5-13(6-7-15-3)11(14)10(8-9)12-2;1-4-12-6-5-8(2)7-9(11-3)10(12)13/h10-11,13H,5-9H2,1-4H3;9-10,13H,6-8H2,1-5H3;9-11,13H,5-8H2,1-4H3;8,10,12H,4-7H2,1-3H3;9-10,12H,4-8H2,1-3H3;8-9,11H,4-7H2,1-3H3. The number of ether oxygens (including phenoxy) is 1. The second kappa shape index (κ2) is 43.9. The van der Waals surface area contributed by atoms with E-state index in [0.717, 1.165) is 136 Å². The van der Waals surface area contributed by atoms with Crippen LogP contribution in [0.3, 0.4) is 0 Å². The van der Waals surface area contributed by atoms with Gasteiger partial charge in [0.15, 0.2) is 0 Å². The van der Waals surface area contributed by atoms with Gasteiger partial charge in [-0.05, 0) is 209 Å². The maximum Gasteiger partial charge on any atom is 0.240 e. The van der Waals surface area contributed by atoms with Crippen molar-refractivity contribution in [1.82, 2.24) is 66.2 Å². The van der Waals surface area contributed by atoms with Gasteiger partial charge < -0.3 is 70.9 Å². The number of rotatable bonds is 17. The van der Waals surface area contributed by atoms with Crippen LogP contribution in [0.2, 0.25) is 0 Å². The Kier molecular flexibility index (Phi) is 41.0. The van der Waals surface area contributed by atoms with E-state index in [1.165, 1.54) is 6.92 Å². The van der Waals surface area contributed by atoms with Gasteiger partial charge in [-0.25, -0.2) is 0 Å². The Balaban J connectivity index is 0.000000534. The van der Waals surface area contributed by atoms with E-state index in [1.807, 2.05) is 80.8 Å². The fraction of sp³-hybridized carbons (Fsp3) is 0.897. The maximum atomic E-state index is 12.2. The van der Waals surface area contributed by atoms with Gasteiger partial charge >= 0.3 is 0 Å². The molecule has 6 aliphatic rings. The zero-order valence-corrected chi connectivity index (χ0v) is 60.6. The van der Waals surface area contributed by atoms with Crippen molar-refractivity contribution >= 4 is 41.2 Å². The average Bonchev–Trinajstić information content (AvgIpc) is 3.37. The van der Waals surface area contributed by atoms with E-state index in [2.05, 4.69) is 113 Å². The fourth-order valence-corrected chi connectivity index (χ4v) is 12.3. The SMILES string of the molecule is CCN1CCC(C)CC(NC)C1=O.CNC1CC(C)CCN(C(C)(C)C)C1=O.CNC1CC(C)CCN(CC(C)=O)C1=O.CNC1CC(C)CCN(CC(C)C)C1=O.CNC1CC(C)CCN(CCN(C)C)C1=O.CNC1CC(C)CCN(CCOC)C1=O. The predicted octanol–water partition coefficient (Wildman–Crippen LogP) is 5.27. The first kappa shape index (κ1) is 83.2. The highest BCUT2D eigenvalue weighted by molar-refractivity contribution is 5.88. The molecule has 6 rings (SSSR count). The number of likely N-dealkylation sites (tertiary alicyclic amines) is 6. The third kappa shape index (κ3) is 31.1. The van der Waals surface area contributed by atoms with E-state index >= 15 is 0 Å². The van der Waals surface area contributed by atoms with E-state index in [-0.39, 0.29) is 89.6 Å². The lowest BCUT2D eigenvalue weighted by Crippen LogP contribution is -2.52. The Labute approximate surface area is 542 Å². The third-order valence-corrected chi connectivity index (χ3v) is 18.4. The predicted molar refractivity (Wildman–Crippen MR) is 363 cm³/mol. The zero-order chi connectivity index (χ0) is 67.7. The smallest absolute Gasteiger partial charge is 0.240 e. The summed E-state index contributed by atoms with van der Waals surface area (Å²) in [7, 11) is 16.9. The summed E-state index contributed by atoms with van der Waals surface area (Å²) in [6.45, 7) is 37.8. The number of nitrogens with one attached hydrogen (secondary N) is 6.